The molecule has 0 radical (unpaired) electrons. The van der Waals surface area contributed by atoms with Gasteiger partial charge in [0.2, 0.25) is 5.75 Å². The van der Waals surface area contributed by atoms with Gasteiger partial charge in [-0.05, 0) is 18.2 Å². The summed E-state index contributed by atoms with van der Waals surface area (Å²) in [4.78, 5) is 25.1. The Bertz CT molecular complexity index is 1240. The second-order valence-electron chi connectivity index (χ2n) is 6.05. The van der Waals surface area contributed by atoms with E-state index in [1.807, 2.05) is 0 Å². The number of benzene rings is 3. The molecule has 7 nitrogen and oxygen atoms in total. The lowest BCUT2D eigenvalue weighted by Gasteiger charge is -2.20. The number of hydrogen-bond donors (Lipinski definition) is 2. The number of phenolic OH excluding ortho intramolecular Hbond substituents is 2. The van der Waals surface area contributed by atoms with E-state index in [4.69, 9.17) is 4.18 Å². The van der Waals surface area contributed by atoms with Gasteiger partial charge in [0.05, 0.1) is 5.56 Å². The summed E-state index contributed by atoms with van der Waals surface area (Å²) in [5.41, 5.74) is -0.0853. The molecule has 1 aliphatic rings. The highest BCUT2D eigenvalue weighted by Crippen LogP contribution is 2.38. The van der Waals surface area contributed by atoms with Gasteiger partial charge in [-0.1, -0.05) is 42.5 Å². The molecule has 0 amide bonds. The van der Waals surface area contributed by atoms with E-state index >= 15 is 0 Å². The van der Waals surface area contributed by atoms with Crippen molar-refractivity contribution in [2.45, 2.75) is 4.90 Å². The largest absolute Gasteiger partial charge is 0.504 e. The second-order valence-corrected chi connectivity index (χ2v) is 7.56. The smallest absolute Gasteiger partial charge is 0.340 e. The molecule has 3 aromatic carbocycles. The summed E-state index contributed by atoms with van der Waals surface area (Å²) in [6.45, 7) is 0. The third kappa shape index (κ3) is 2.62. The first kappa shape index (κ1) is 17.7. The highest BCUT2D eigenvalue weighted by molar-refractivity contribution is 7.87. The Hall–Kier alpha value is -3.65. The molecule has 0 heterocycles. The summed E-state index contributed by atoms with van der Waals surface area (Å²) in [7, 11) is -4.65. The Balaban J connectivity index is 1.89. The van der Waals surface area contributed by atoms with Crippen molar-refractivity contribution in [2.24, 2.45) is 0 Å². The lowest BCUT2D eigenvalue weighted by molar-refractivity contribution is 0.0976. The van der Waals surface area contributed by atoms with Crippen molar-refractivity contribution in [1.82, 2.24) is 0 Å². The minimum atomic E-state index is -4.65. The first-order chi connectivity index (χ1) is 13.3. The topological polar surface area (TPSA) is 118 Å². The number of ketones is 2. The van der Waals surface area contributed by atoms with Crippen LogP contribution < -0.4 is 4.18 Å². The van der Waals surface area contributed by atoms with E-state index in [-0.39, 0.29) is 22.3 Å². The number of para-hydroxylation sites is 1. The Labute approximate surface area is 159 Å². The minimum Gasteiger partial charge on any atom is -0.504 e. The maximum Gasteiger partial charge on any atom is 0.340 e. The normalized spacial score (nSPS) is 13.0. The van der Waals surface area contributed by atoms with Gasteiger partial charge in [0.25, 0.3) is 0 Å². The van der Waals surface area contributed by atoms with E-state index in [9.17, 15) is 28.2 Å². The molecule has 1 aliphatic carbocycles. The van der Waals surface area contributed by atoms with Crippen LogP contribution in [0.5, 0.6) is 17.2 Å². The van der Waals surface area contributed by atoms with E-state index in [1.54, 1.807) is 12.1 Å². The fourth-order valence-electron chi connectivity index (χ4n) is 3.07. The summed E-state index contributed by atoms with van der Waals surface area (Å²) in [5.74, 6) is -2.97. The Morgan fingerprint density at radius 2 is 1.21 bits per heavy atom. The molecular formula is C20H12O7S. The molecule has 140 valence electrons. The minimum absolute atomic E-state index is 0.0603. The van der Waals surface area contributed by atoms with Crippen molar-refractivity contribution in [3.8, 4) is 17.2 Å². The summed E-state index contributed by atoms with van der Waals surface area (Å²) < 4.78 is 30.6. The van der Waals surface area contributed by atoms with Gasteiger partial charge in [0.1, 0.15) is 4.90 Å². The number of phenols is 2. The third-order valence-corrected chi connectivity index (χ3v) is 5.62. The molecule has 0 unspecified atom stereocenters. The number of fused-ring (bicyclic) bond motifs is 2. The molecule has 0 aromatic heterocycles. The molecule has 3 aromatic rings. The van der Waals surface area contributed by atoms with E-state index in [0.29, 0.717) is 0 Å². The van der Waals surface area contributed by atoms with Gasteiger partial charge in [0.15, 0.2) is 23.1 Å². The van der Waals surface area contributed by atoms with Crippen LogP contribution in [0.4, 0.5) is 0 Å². The molecule has 0 aliphatic heterocycles. The molecule has 0 bridgehead atoms. The summed E-state index contributed by atoms with van der Waals surface area (Å²) in [5, 5.41) is 19.6. The molecule has 0 saturated heterocycles. The van der Waals surface area contributed by atoms with Crippen LogP contribution in [0.15, 0.2) is 65.6 Å². The Kier molecular flexibility index (Phi) is 3.93. The maximum absolute atomic E-state index is 12.9. The first-order valence-electron chi connectivity index (χ1n) is 8.08. The van der Waals surface area contributed by atoms with Gasteiger partial charge in [-0.2, -0.15) is 8.42 Å². The molecule has 8 heteroatoms. The van der Waals surface area contributed by atoms with Crippen molar-refractivity contribution in [3.05, 3.63) is 82.9 Å². The summed E-state index contributed by atoms with van der Waals surface area (Å²) in [6.07, 6.45) is 0. The average Bonchev–Trinajstić information content (AvgIpc) is 2.68. The van der Waals surface area contributed by atoms with E-state index in [1.165, 1.54) is 30.3 Å². The molecule has 0 spiro atoms. The fraction of sp³-hybridized carbons (Fsp3) is 0. The molecule has 28 heavy (non-hydrogen) atoms. The maximum atomic E-state index is 12.9. The zero-order valence-corrected chi connectivity index (χ0v) is 14.9. The van der Waals surface area contributed by atoms with Gasteiger partial charge in [-0.3, -0.25) is 9.59 Å². The number of aromatic hydroxyl groups is 2. The molecule has 4 rings (SSSR count). The van der Waals surface area contributed by atoms with Crippen LogP contribution in [0.3, 0.4) is 0 Å². The predicted molar refractivity (Wildman–Crippen MR) is 97.3 cm³/mol. The molecule has 0 saturated carbocycles. The van der Waals surface area contributed by atoms with Crippen LogP contribution in [0.2, 0.25) is 0 Å². The number of hydrogen-bond acceptors (Lipinski definition) is 7. The zero-order valence-electron chi connectivity index (χ0n) is 14.1. The number of rotatable bonds is 3. The summed E-state index contributed by atoms with van der Waals surface area (Å²) >= 11 is 0. The second kappa shape index (κ2) is 6.21. The molecular weight excluding hydrogens is 384 g/mol. The van der Waals surface area contributed by atoms with E-state index in [0.717, 1.165) is 18.2 Å². The average molecular weight is 396 g/mol. The highest BCUT2D eigenvalue weighted by atomic mass is 32.2. The SMILES string of the molecule is O=C1c2ccccc2C(=O)c2c1cccc2S(=O)(=O)Oc1c(O)cccc1O. The van der Waals surface area contributed by atoms with Gasteiger partial charge >= 0.3 is 10.1 Å². The van der Waals surface area contributed by atoms with Crippen LogP contribution >= 0.6 is 0 Å². The lowest BCUT2D eigenvalue weighted by atomic mass is 9.84. The van der Waals surface area contributed by atoms with E-state index < -0.39 is 43.8 Å². The van der Waals surface area contributed by atoms with Crippen molar-refractivity contribution >= 4 is 21.7 Å². The fourth-order valence-corrected chi connectivity index (χ4v) is 4.25. The third-order valence-electron chi connectivity index (χ3n) is 4.35. The van der Waals surface area contributed by atoms with Gasteiger partial charge < -0.3 is 14.4 Å². The first-order valence-corrected chi connectivity index (χ1v) is 9.49. The monoisotopic (exact) mass is 396 g/mol. The number of carbonyl (C=O) groups is 2. The molecule has 0 atom stereocenters. The van der Waals surface area contributed by atoms with Crippen LogP contribution in [0.1, 0.15) is 31.8 Å². The quantitative estimate of drug-likeness (QED) is 0.511. The van der Waals surface area contributed by atoms with Crippen LogP contribution in [0.25, 0.3) is 0 Å². The lowest BCUT2D eigenvalue weighted by Crippen LogP contribution is -2.24. The van der Waals surface area contributed by atoms with Crippen molar-refractivity contribution < 1.29 is 32.4 Å². The van der Waals surface area contributed by atoms with Crippen molar-refractivity contribution in [1.29, 1.82) is 0 Å². The van der Waals surface area contributed by atoms with Crippen LogP contribution in [0, 0.1) is 0 Å². The van der Waals surface area contributed by atoms with Gasteiger partial charge in [-0.15, -0.1) is 0 Å². The molecule has 2 N–H and O–H groups in total. The Morgan fingerprint density at radius 3 is 1.86 bits per heavy atom. The van der Waals surface area contributed by atoms with Gasteiger partial charge in [0, 0.05) is 16.7 Å². The highest BCUT2D eigenvalue weighted by Gasteiger charge is 2.36. The predicted octanol–water partition coefficient (Wildman–Crippen LogP) is 2.64. The summed E-state index contributed by atoms with van der Waals surface area (Å²) in [6, 6.07) is 13.5. The van der Waals surface area contributed by atoms with Crippen LogP contribution in [-0.2, 0) is 10.1 Å². The number of carbonyl (C=O) groups excluding carboxylic acids is 2. The zero-order chi connectivity index (χ0) is 20.1. The van der Waals surface area contributed by atoms with Crippen LogP contribution in [-0.4, -0.2) is 30.2 Å². The van der Waals surface area contributed by atoms with Gasteiger partial charge in [-0.25, -0.2) is 0 Å². The van der Waals surface area contributed by atoms with E-state index in [2.05, 4.69) is 0 Å². The standard InChI is InChI=1S/C20H12O7S/c21-14-8-4-9-15(22)20(14)27-28(25,26)16-10-3-7-13-17(16)19(24)12-6-2-1-5-11(12)18(13)23/h1-10,21-22H. The molecule has 0 fully saturated rings. The Morgan fingerprint density at radius 1 is 0.679 bits per heavy atom. The van der Waals surface area contributed by atoms with Crippen molar-refractivity contribution in [3.63, 3.8) is 0 Å². The van der Waals surface area contributed by atoms with Crippen molar-refractivity contribution in [2.75, 3.05) is 0 Å².